The summed E-state index contributed by atoms with van der Waals surface area (Å²) in [5, 5.41) is 2.73. The van der Waals surface area contributed by atoms with Crippen LogP contribution in [0.1, 0.15) is 6.92 Å². The minimum absolute atomic E-state index is 0.287. The first-order valence-electron chi connectivity index (χ1n) is 2.94. The minimum atomic E-state index is -0.335. The van der Waals surface area contributed by atoms with Gasteiger partial charge in [-0.3, -0.25) is 0 Å². The summed E-state index contributed by atoms with van der Waals surface area (Å²) in [7, 11) is 1.68. The van der Waals surface area contributed by atoms with E-state index in [2.05, 4.69) is 22.4 Å². The molecule has 0 saturated carbocycles. The predicted molar refractivity (Wildman–Crippen MR) is 38.3 cm³/mol. The highest BCUT2D eigenvalue weighted by molar-refractivity contribution is 5.75. The van der Waals surface area contributed by atoms with E-state index in [1.54, 1.807) is 14.0 Å². The number of esters is 1. The van der Waals surface area contributed by atoms with Gasteiger partial charge in [0.25, 0.3) is 0 Å². The minimum Gasteiger partial charge on any atom is -0.425 e. The number of carbonyl (C=O) groups excluding carboxylic acids is 1. The molecule has 0 aliphatic heterocycles. The molecule has 0 spiro atoms. The lowest BCUT2D eigenvalue weighted by molar-refractivity contribution is -0.139. The van der Waals surface area contributed by atoms with Gasteiger partial charge in [-0.25, -0.2) is 4.79 Å². The number of hydrogen-bond donors (Lipinski definition) is 1. The zero-order valence-electron chi connectivity index (χ0n) is 6.18. The van der Waals surface area contributed by atoms with Crippen molar-refractivity contribution in [2.24, 2.45) is 0 Å². The van der Waals surface area contributed by atoms with E-state index >= 15 is 0 Å². The molecule has 0 aromatic carbocycles. The second kappa shape index (κ2) is 4.79. The van der Waals surface area contributed by atoms with E-state index in [9.17, 15) is 4.79 Å². The smallest absolute Gasteiger partial charge is 0.328 e. The molecule has 0 aromatic rings. The Morgan fingerprint density at radius 3 is 2.90 bits per heavy atom. The number of carbonyl (C=O) groups is 1. The average molecular weight is 141 g/mol. The van der Waals surface area contributed by atoms with Gasteiger partial charge < -0.3 is 10.1 Å². The third-order valence-electron chi connectivity index (χ3n) is 1.04. The number of nitrogens with one attached hydrogen (secondary N) is 1. The van der Waals surface area contributed by atoms with Crippen LogP contribution in [0.25, 0.3) is 0 Å². The van der Waals surface area contributed by atoms with Crippen molar-refractivity contribution >= 4 is 5.97 Å². The van der Waals surface area contributed by atoms with Crippen molar-refractivity contribution in [2.75, 3.05) is 7.05 Å². The fourth-order valence-corrected chi connectivity index (χ4v) is 0.320. The maximum absolute atomic E-state index is 10.7. The first-order valence-corrected chi connectivity index (χ1v) is 2.94. The second-order valence-corrected chi connectivity index (χ2v) is 1.77. The van der Waals surface area contributed by atoms with Crippen LogP contribution in [0.2, 0.25) is 0 Å². The normalized spacial score (nSPS) is 11.4. The van der Waals surface area contributed by atoms with Gasteiger partial charge in [0.05, 0.1) is 0 Å². The van der Waals surface area contributed by atoms with Gasteiger partial charge >= 0.3 is 5.97 Å². The summed E-state index contributed by atoms with van der Waals surface area (Å²) in [5.41, 5.74) is 2.33. The van der Waals surface area contributed by atoms with Crippen LogP contribution in [0.15, 0.2) is 18.6 Å². The van der Waals surface area contributed by atoms with Crippen LogP contribution in [-0.2, 0) is 9.53 Å². The molecule has 0 rings (SSSR count). The molecule has 0 amide bonds. The Bertz CT molecular complexity index is 159. The van der Waals surface area contributed by atoms with Crippen molar-refractivity contribution in [1.29, 1.82) is 0 Å². The van der Waals surface area contributed by atoms with Crippen molar-refractivity contribution < 1.29 is 9.53 Å². The standard InChI is InChI=1S/C7H11NO2/c1-4-5-10-7(9)6(2)8-3/h5-6,8H,1H2,2-3H3. The molecule has 0 aliphatic rings. The fourth-order valence-electron chi connectivity index (χ4n) is 0.320. The first-order chi connectivity index (χ1) is 4.72. The maximum atomic E-state index is 10.7. The topological polar surface area (TPSA) is 38.3 Å². The average Bonchev–Trinajstić information content (AvgIpc) is 1.98. The largest absolute Gasteiger partial charge is 0.425 e. The van der Waals surface area contributed by atoms with Crippen LogP contribution < -0.4 is 5.32 Å². The molecule has 3 nitrogen and oxygen atoms in total. The van der Waals surface area contributed by atoms with Crippen LogP contribution in [0.5, 0.6) is 0 Å². The molecule has 0 heterocycles. The van der Waals surface area contributed by atoms with Crippen molar-refractivity contribution in [3.8, 4) is 0 Å². The number of rotatable bonds is 3. The Balaban J connectivity index is 3.72. The molecule has 0 bridgehead atoms. The van der Waals surface area contributed by atoms with Gasteiger partial charge in [0.15, 0.2) is 0 Å². The summed E-state index contributed by atoms with van der Waals surface area (Å²) in [6, 6.07) is -0.287. The lowest BCUT2D eigenvalue weighted by atomic mass is 10.4. The van der Waals surface area contributed by atoms with Crippen LogP contribution in [0.3, 0.4) is 0 Å². The monoisotopic (exact) mass is 141 g/mol. The fraction of sp³-hybridized carbons (Fsp3) is 0.429. The lowest BCUT2D eigenvalue weighted by Gasteiger charge is -2.04. The molecule has 1 unspecified atom stereocenters. The lowest BCUT2D eigenvalue weighted by Crippen LogP contribution is -2.31. The van der Waals surface area contributed by atoms with Gasteiger partial charge in [0.1, 0.15) is 12.3 Å². The molecular weight excluding hydrogens is 130 g/mol. The molecule has 0 fully saturated rings. The zero-order valence-corrected chi connectivity index (χ0v) is 6.18. The molecule has 0 aliphatic carbocycles. The Morgan fingerprint density at radius 1 is 1.90 bits per heavy atom. The van der Waals surface area contributed by atoms with Crippen LogP contribution in [-0.4, -0.2) is 19.1 Å². The van der Waals surface area contributed by atoms with E-state index in [1.165, 1.54) is 0 Å². The number of ether oxygens (including phenoxy) is 1. The summed E-state index contributed by atoms with van der Waals surface area (Å²) < 4.78 is 4.54. The van der Waals surface area contributed by atoms with Crippen molar-refractivity contribution in [3.63, 3.8) is 0 Å². The van der Waals surface area contributed by atoms with E-state index in [1.807, 2.05) is 0 Å². The molecule has 56 valence electrons. The van der Waals surface area contributed by atoms with Gasteiger partial charge in [-0.1, -0.05) is 12.3 Å². The highest BCUT2D eigenvalue weighted by Crippen LogP contribution is 1.85. The molecule has 1 atom stereocenters. The Morgan fingerprint density at radius 2 is 2.50 bits per heavy atom. The molecule has 3 heteroatoms. The molecule has 1 N–H and O–H groups in total. The van der Waals surface area contributed by atoms with E-state index in [0.717, 1.165) is 6.26 Å². The SMILES string of the molecule is C=C=COC(=O)C(C)NC. The van der Waals surface area contributed by atoms with Crippen molar-refractivity contribution in [3.05, 3.63) is 18.6 Å². The van der Waals surface area contributed by atoms with E-state index < -0.39 is 0 Å². The van der Waals surface area contributed by atoms with Crippen LogP contribution >= 0.6 is 0 Å². The van der Waals surface area contributed by atoms with E-state index in [-0.39, 0.29) is 12.0 Å². The second-order valence-electron chi connectivity index (χ2n) is 1.77. The van der Waals surface area contributed by atoms with Crippen molar-refractivity contribution in [1.82, 2.24) is 5.32 Å². The van der Waals surface area contributed by atoms with Crippen LogP contribution in [0.4, 0.5) is 0 Å². The van der Waals surface area contributed by atoms with E-state index in [0.29, 0.717) is 0 Å². The van der Waals surface area contributed by atoms with Gasteiger partial charge in [0.2, 0.25) is 0 Å². The first kappa shape index (κ1) is 8.95. The number of likely N-dealkylation sites (N-methyl/N-ethyl adjacent to an activating group) is 1. The third kappa shape index (κ3) is 3.07. The summed E-state index contributed by atoms with van der Waals surface area (Å²) in [4.78, 5) is 10.7. The molecule has 0 radical (unpaired) electrons. The molecule has 10 heavy (non-hydrogen) atoms. The van der Waals surface area contributed by atoms with Crippen molar-refractivity contribution in [2.45, 2.75) is 13.0 Å². The summed E-state index contributed by atoms with van der Waals surface area (Å²) >= 11 is 0. The summed E-state index contributed by atoms with van der Waals surface area (Å²) in [6.45, 7) is 4.95. The predicted octanol–water partition coefficient (Wildman–Crippen LogP) is 0.436. The summed E-state index contributed by atoms with van der Waals surface area (Å²) in [5.74, 6) is -0.335. The van der Waals surface area contributed by atoms with Gasteiger partial charge in [-0.05, 0) is 14.0 Å². The third-order valence-corrected chi connectivity index (χ3v) is 1.04. The van der Waals surface area contributed by atoms with Crippen LogP contribution in [0, 0.1) is 0 Å². The van der Waals surface area contributed by atoms with Gasteiger partial charge in [-0.15, -0.1) is 0 Å². The quantitative estimate of drug-likeness (QED) is 0.352. The highest BCUT2D eigenvalue weighted by atomic mass is 16.5. The Labute approximate surface area is 60.4 Å². The van der Waals surface area contributed by atoms with Gasteiger partial charge in [0, 0.05) is 0 Å². The highest BCUT2D eigenvalue weighted by Gasteiger charge is 2.09. The Kier molecular flexibility index (Phi) is 4.29. The molecular formula is C7H11NO2. The number of hydrogen-bond acceptors (Lipinski definition) is 3. The van der Waals surface area contributed by atoms with Gasteiger partial charge in [-0.2, -0.15) is 0 Å². The molecule has 0 saturated heterocycles. The zero-order chi connectivity index (χ0) is 7.98. The maximum Gasteiger partial charge on any atom is 0.328 e. The van der Waals surface area contributed by atoms with E-state index in [4.69, 9.17) is 0 Å². The molecule has 0 aromatic heterocycles. The summed E-state index contributed by atoms with van der Waals surface area (Å²) in [6.07, 6.45) is 1.14. The Hall–Kier alpha value is -1.05.